The number of nitrogens with one attached hydrogen (secondary N) is 2. The molecule has 23 heavy (non-hydrogen) atoms. The molecule has 8 heteroatoms. The Morgan fingerprint density at radius 3 is 2.65 bits per heavy atom. The molecule has 0 spiro atoms. The van der Waals surface area contributed by atoms with Crippen molar-refractivity contribution in [2.24, 2.45) is 0 Å². The first-order chi connectivity index (χ1) is 11.0. The first kappa shape index (κ1) is 17.4. The van der Waals surface area contributed by atoms with E-state index >= 15 is 0 Å². The molecule has 0 radical (unpaired) electrons. The largest absolute Gasteiger partial charge is 0.325 e. The van der Waals surface area contributed by atoms with E-state index in [9.17, 15) is 9.59 Å². The normalized spacial score (nSPS) is 10.4. The Bertz CT molecular complexity index is 715. The van der Waals surface area contributed by atoms with Gasteiger partial charge in [-0.15, -0.1) is 10.2 Å². The van der Waals surface area contributed by atoms with E-state index in [0.29, 0.717) is 15.9 Å². The highest BCUT2D eigenvalue weighted by atomic mass is 32.2. The number of hydrogen-bond donors (Lipinski definition) is 2. The van der Waals surface area contributed by atoms with Crippen molar-refractivity contribution in [3.63, 3.8) is 0 Å². The van der Waals surface area contributed by atoms with Crippen molar-refractivity contribution in [3.8, 4) is 0 Å². The number of benzene rings is 1. The van der Waals surface area contributed by atoms with Gasteiger partial charge in [0.05, 0.1) is 5.75 Å². The molecule has 2 amide bonds. The number of amides is 2. The number of rotatable bonds is 6. The Kier molecular flexibility index (Phi) is 6.12. The number of carbonyl (C=O) groups is 2. The second-order valence-electron chi connectivity index (χ2n) is 4.93. The predicted molar refractivity (Wildman–Crippen MR) is 94.1 cm³/mol. The van der Waals surface area contributed by atoms with E-state index in [1.807, 2.05) is 32.0 Å². The lowest BCUT2D eigenvalue weighted by molar-refractivity contribution is -0.116. The molecule has 2 aromatic rings. The smallest absolute Gasteiger partial charge is 0.234 e. The van der Waals surface area contributed by atoms with Gasteiger partial charge >= 0.3 is 0 Å². The lowest BCUT2D eigenvalue weighted by Crippen LogP contribution is -2.14. The van der Waals surface area contributed by atoms with Gasteiger partial charge in [-0.1, -0.05) is 47.7 Å². The topological polar surface area (TPSA) is 84.0 Å². The number of nitrogens with zero attached hydrogens (tertiary/aromatic N) is 2. The van der Waals surface area contributed by atoms with Crippen molar-refractivity contribution < 1.29 is 9.59 Å². The molecular weight excluding hydrogens is 332 g/mol. The van der Waals surface area contributed by atoms with Crippen LogP contribution in [0.25, 0.3) is 0 Å². The Labute approximate surface area is 143 Å². The van der Waals surface area contributed by atoms with E-state index in [-0.39, 0.29) is 17.6 Å². The minimum Gasteiger partial charge on any atom is -0.325 e. The summed E-state index contributed by atoms with van der Waals surface area (Å²) in [6.07, 6.45) is 0.389. The monoisotopic (exact) mass is 350 g/mol. The van der Waals surface area contributed by atoms with E-state index in [1.54, 1.807) is 6.92 Å². The van der Waals surface area contributed by atoms with Gasteiger partial charge in [0, 0.05) is 12.1 Å². The van der Waals surface area contributed by atoms with Crippen LogP contribution in [0, 0.1) is 13.8 Å². The van der Waals surface area contributed by atoms with Gasteiger partial charge in [0.1, 0.15) is 0 Å². The number of carbonyl (C=O) groups excluding carboxylic acids is 2. The molecule has 1 heterocycles. The molecule has 0 fully saturated rings. The fourth-order valence-corrected chi connectivity index (χ4v) is 3.36. The average Bonchev–Trinajstić information content (AvgIpc) is 2.95. The number of hydrogen-bond acceptors (Lipinski definition) is 6. The highest BCUT2D eigenvalue weighted by Gasteiger charge is 2.10. The summed E-state index contributed by atoms with van der Waals surface area (Å²) < 4.78 is 0.646. The van der Waals surface area contributed by atoms with Gasteiger partial charge in [-0.3, -0.25) is 9.59 Å². The number of aromatic nitrogens is 2. The summed E-state index contributed by atoms with van der Waals surface area (Å²) in [4.78, 5) is 23.3. The molecule has 0 saturated carbocycles. The third-order valence-corrected chi connectivity index (χ3v) is 4.93. The van der Waals surface area contributed by atoms with Crippen LogP contribution in [0.15, 0.2) is 22.5 Å². The number of anilines is 2. The average molecular weight is 350 g/mol. The van der Waals surface area contributed by atoms with Crippen molar-refractivity contribution in [2.75, 3.05) is 16.4 Å². The van der Waals surface area contributed by atoms with Gasteiger partial charge in [0.25, 0.3) is 0 Å². The zero-order valence-electron chi connectivity index (χ0n) is 13.2. The Hall–Kier alpha value is -1.93. The highest BCUT2D eigenvalue weighted by Crippen LogP contribution is 2.26. The summed E-state index contributed by atoms with van der Waals surface area (Å²) in [5.41, 5.74) is 3.00. The van der Waals surface area contributed by atoms with E-state index in [0.717, 1.165) is 16.8 Å². The molecule has 0 aliphatic heterocycles. The van der Waals surface area contributed by atoms with Gasteiger partial charge in [0.15, 0.2) is 4.34 Å². The SMILES string of the molecule is CCC(=O)Nc1nnc(SCC(=O)Nc2ccc(C)cc2C)s1. The van der Waals surface area contributed by atoms with Crippen LogP contribution in [-0.4, -0.2) is 27.8 Å². The second kappa shape index (κ2) is 8.07. The summed E-state index contributed by atoms with van der Waals surface area (Å²) in [6, 6.07) is 5.88. The molecule has 2 N–H and O–H groups in total. The number of thioether (sulfide) groups is 1. The van der Waals surface area contributed by atoms with Gasteiger partial charge in [0.2, 0.25) is 16.9 Å². The van der Waals surface area contributed by atoms with E-state index in [2.05, 4.69) is 20.8 Å². The van der Waals surface area contributed by atoms with Crippen LogP contribution < -0.4 is 10.6 Å². The molecule has 0 atom stereocenters. The van der Waals surface area contributed by atoms with Crippen molar-refractivity contribution in [3.05, 3.63) is 29.3 Å². The lowest BCUT2D eigenvalue weighted by Gasteiger charge is -2.08. The third kappa shape index (κ3) is 5.33. The van der Waals surface area contributed by atoms with Crippen LogP contribution in [0.5, 0.6) is 0 Å². The third-order valence-electron chi connectivity index (χ3n) is 2.96. The maximum absolute atomic E-state index is 12.0. The predicted octanol–water partition coefficient (Wildman–Crippen LogP) is 3.23. The van der Waals surface area contributed by atoms with Crippen LogP contribution in [0.1, 0.15) is 24.5 Å². The summed E-state index contributed by atoms with van der Waals surface area (Å²) in [5, 5.41) is 13.8. The standard InChI is InChI=1S/C15H18N4O2S2/c1-4-12(20)17-14-18-19-15(23-14)22-8-13(21)16-11-6-5-9(2)7-10(11)3/h5-7H,4,8H2,1-3H3,(H,16,21)(H,17,18,20). The molecule has 1 aromatic heterocycles. The van der Waals surface area contributed by atoms with Crippen LogP contribution in [-0.2, 0) is 9.59 Å². The molecule has 2 rings (SSSR count). The second-order valence-corrected chi connectivity index (χ2v) is 7.13. The Balaban J connectivity index is 1.85. The van der Waals surface area contributed by atoms with Crippen molar-refractivity contribution in [1.82, 2.24) is 10.2 Å². The molecule has 0 unspecified atom stereocenters. The van der Waals surface area contributed by atoms with Crippen molar-refractivity contribution in [1.29, 1.82) is 0 Å². The molecule has 0 bridgehead atoms. The lowest BCUT2D eigenvalue weighted by atomic mass is 10.1. The summed E-state index contributed by atoms with van der Waals surface area (Å²) in [6.45, 7) is 5.74. The van der Waals surface area contributed by atoms with Crippen LogP contribution in [0.2, 0.25) is 0 Å². The van der Waals surface area contributed by atoms with Gasteiger partial charge < -0.3 is 10.6 Å². The van der Waals surface area contributed by atoms with Crippen molar-refractivity contribution >= 4 is 45.7 Å². The number of aryl methyl sites for hydroxylation is 2. The van der Waals surface area contributed by atoms with Crippen molar-refractivity contribution in [2.45, 2.75) is 31.5 Å². The Morgan fingerprint density at radius 2 is 1.96 bits per heavy atom. The maximum Gasteiger partial charge on any atom is 0.234 e. The highest BCUT2D eigenvalue weighted by molar-refractivity contribution is 8.01. The van der Waals surface area contributed by atoms with Crippen LogP contribution >= 0.6 is 23.1 Å². The van der Waals surface area contributed by atoms with E-state index < -0.39 is 0 Å². The fourth-order valence-electron chi connectivity index (χ4n) is 1.79. The first-order valence-corrected chi connectivity index (χ1v) is 8.91. The summed E-state index contributed by atoms with van der Waals surface area (Å²) >= 11 is 2.55. The summed E-state index contributed by atoms with van der Waals surface area (Å²) in [7, 11) is 0. The first-order valence-electron chi connectivity index (χ1n) is 7.11. The van der Waals surface area contributed by atoms with E-state index in [4.69, 9.17) is 0 Å². The minimum atomic E-state index is -0.106. The van der Waals surface area contributed by atoms with Gasteiger partial charge in [-0.25, -0.2) is 0 Å². The zero-order chi connectivity index (χ0) is 16.8. The van der Waals surface area contributed by atoms with Crippen LogP contribution in [0.4, 0.5) is 10.8 Å². The van der Waals surface area contributed by atoms with Crippen LogP contribution in [0.3, 0.4) is 0 Å². The summed E-state index contributed by atoms with van der Waals surface area (Å²) in [5.74, 6) is 0.0329. The molecule has 1 aromatic carbocycles. The van der Waals surface area contributed by atoms with E-state index in [1.165, 1.54) is 23.1 Å². The van der Waals surface area contributed by atoms with Gasteiger partial charge in [-0.05, 0) is 25.5 Å². The molecule has 0 aliphatic rings. The molecular formula is C15H18N4O2S2. The molecule has 6 nitrogen and oxygen atoms in total. The Morgan fingerprint density at radius 1 is 1.17 bits per heavy atom. The minimum absolute atomic E-state index is 0.101. The molecule has 0 saturated heterocycles. The molecule has 0 aliphatic carbocycles. The quantitative estimate of drug-likeness (QED) is 0.617. The van der Waals surface area contributed by atoms with Gasteiger partial charge in [-0.2, -0.15) is 0 Å². The fraction of sp³-hybridized carbons (Fsp3) is 0.333. The zero-order valence-corrected chi connectivity index (χ0v) is 14.8. The maximum atomic E-state index is 12.0. The molecule has 122 valence electrons.